The van der Waals surface area contributed by atoms with Crippen molar-refractivity contribution in [2.45, 2.75) is 97.8 Å². The fraction of sp³-hybridized carbons (Fsp3) is 0.760. The fourth-order valence-electron chi connectivity index (χ4n) is 4.24. The van der Waals surface area contributed by atoms with Crippen LogP contribution in [0.1, 0.15) is 97.3 Å². The van der Waals surface area contributed by atoms with Crippen LogP contribution in [0, 0.1) is 11.8 Å². The Morgan fingerprint density at radius 2 is 1.44 bits per heavy atom. The molecule has 1 aromatic rings. The van der Waals surface area contributed by atoms with Crippen molar-refractivity contribution in [3.8, 4) is 5.75 Å². The second-order valence-electron chi connectivity index (χ2n) is 11.0. The normalized spacial score (nSPS) is 21.4. The Kier molecular flexibility index (Phi) is 7.41. The largest absolute Gasteiger partial charge is 0.507 e. The highest BCUT2D eigenvalue weighted by Crippen LogP contribution is 2.40. The van der Waals surface area contributed by atoms with Crippen LogP contribution in [-0.4, -0.2) is 18.2 Å². The lowest BCUT2D eigenvalue weighted by Gasteiger charge is -2.28. The summed E-state index contributed by atoms with van der Waals surface area (Å²) in [6.07, 6.45) is 7.84. The summed E-state index contributed by atoms with van der Waals surface area (Å²) in [5.41, 5.74) is 3.42. The van der Waals surface area contributed by atoms with E-state index in [-0.39, 0.29) is 10.8 Å². The average Bonchev–Trinajstić information content (AvgIpc) is 2.55. The van der Waals surface area contributed by atoms with Gasteiger partial charge in [-0.3, -0.25) is 0 Å². The smallest absolute Gasteiger partial charge is 0.123 e. The molecule has 0 aromatic heterocycles. The minimum Gasteiger partial charge on any atom is -0.507 e. The number of rotatable bonds is 6. The number of aryl methyl sites for hydroxylation is 1. The molecule has 1 saturated carbocycles. The molecule has 0 radical (unpaired) electrons. The Bertz CT molecular complexity index is 563. The van der Waals surface area contributed by atoms with E-state index < -0.39 is 0 Å². The molecule has 0 unspecified atom stereocenters. The second kappa shape index (κ2) is 8.99. The lowest BCUT2D eigenvalue weighted by atomic mass is 9.78. The van der Waals surface area contributed by atoms with E-state index in [2.05, 4.69) is 65.9 Å². The highest BCUT2D eigenvalue weighted by Gasteiger charge is 2.26. The van der Waals surface area contributed by atoms with Crippen molar-refractivity contribution in [2.24, 2.45) is 11.8 Å². The molecule has 0 saturated heterocycles. The number of phenols is 1. The molecule has 0 spiro atoms. The molecule has 2 N–H and O–H groups in total. The van der Waals surface area contributed by atoms with Gasteiger partial charge in [-0.05, 0) is 78.1 Å². The summed E-state index contributed by atoms with van der Waals surface area (Å²) in [7, 11) is 0. The van der Waals surface area contributed by atoms with Crippen LogP contribution in [-0.2, 0) is 17.3 Å². The van der Waals surface area contributed by atoms with Crippen LogP contribution in [0.3, 0.4) is 0 Å². The molecule has 0 atom stereocenters. The third kappa shape index (κ3) is 6.52. The highest BCUT2D eigenvalue weighted by atomic mass is 16.3. The molecule has 0 amide bonds. The van der Waals surface area contributed by atoms with E-state index in [0.717, 1.165) is 42.3 Å². The van der Waals surface area contributed by atoms with Crippen molar-refractivity contribution in [1.29, 1.82) is 0 Å². The van der Waals surface area contributed by atoms with Crippen molar-refractivity contribution < 1.29 is 5.11 Å². The zero-order valence-corrected chi connectivity index (χ0v) is 18.9. The zero-order chi connectivity index (χ0) is 20.2. The van der Waals surface area contributed by atoms with Gasteiger partial charge in [-0.15, -0.1) is 0 Å². The lowest BCUT2D eigenvalue weighted by Crippen LogP contribution is -2.27. The maximum absolute atomic E-state index is 10.8. The minimum atomic E-state index is -0.0452. The van der Waals surface area contributed by atoms with E-state index in [9.17, 15) is 5.11 Å². The van der Waals surface area contributed by atoms with Gasteiger partial charge in [0.15, 0.2) is 0 Å². The maximum Gasteiger partial charge on any atom is 0.123 e. The third-order valence-electron chi connectivity index (χ3n) is 6.17. The van der Waals surface area contributed by atoms with E-state index >= 15 is 0 Å². The number of aromatic hydroxyl groups is 1. The van der Waals surface area contributed by atoms with Crippen LogP contribution in [0.15, 0.2) is 12.1 Å². The molecule has 0 bridgehead atoms. The third-order valence-corrected chi connectivity index (χ3v) is 6.17. The first-order valence-corrected chi connectivity index (χ1v) is 11.1. The van der Waals surface area contributed by atoms with Gasteiger partial charge in [0.2, 0.25) is 0 Å². The Balaban J connectivity index is 1.93. The first kappa shape index (κ1) is 22.3. The predicted molar refractivity (Wildman–Crippen MR) is 118 cm³/mol. The van der Waals surface area contributed by atoms with E-state index in [0.29, 0.717) is 5.75 Å². The summed E-state index contributed by atoms with van der Waals surface area (Å²) in [6.45, 7) is 17.8. The standard InChI is InChI=1S/C25H43NO/c1-18-10-12-19(13-11-18)17-26-14-8-9-20-15-21(24(2,3)4)23(27)22(16-20)25(5,6)7/h15-16,18-19,26-27H,8-14,17H2,1-7H3. The van der Waals surface area contributed by atoms with Gasteiger partial charge in [0, 0.05) is 0 Å². The van der Waals surface area contributed by atoms with Gasteiger partial charge in [-0.2, -0.15) is 0 Å². The van der Waals surface area contributed by atoms with E-state index in [1.807, 2.05) is 0 Å². The predicted octanol–water partition coefficient (Wildman–Crippen LogP) is 6.34. The molecule has 2 nitrogen and oxygen atoms in total. The molecule has 1 aliphatic carbocycles. The summed E-state index contributed by atoms with van der Waals surface area (Å²) < 4.78 is 0. The molecule has 0 heterocycles. The first-order valence-electron chi connectivity index (χ1n) is 11.1. The highest BCUT2D eigenvalue weighted by molar-refractivity contribution is 5.49. The zero-order valence-electron chi connectivity index (χ0n) is 18.9. The quantitative estimate of drug-likeness (QED) is 0.571. The Hall–Kier alpha value is -1.02. The van der Waals surface area contributed by atoms with Crippen LogP contribution in [0.5, 0.6) is 5.75 Å². The summed E-state index contributed by atoms with van der Waals surface area (Å²) in [5.74, 6) is 2.31. The van der Waals surface area contributed by atoms with Crippen molar-refractivity contribution in [3.63, 3.8) is 0 Å². The Labute approximate surface area is 168 Å². The molecule has 0 aliphatic heterocycles. The Morgan fingerprint density at radius 1 is 0.926 bits per heavy atom. The van der Waals surface area contributed by atoms with Crippen molar-refractivity contribution in [3.05, 3.63) is 28.8 Å². The van der Waals surface area contributed by atoms with Crippen LogP contribution in [0.4, 0.5) is 0 Å². The van der Waals surface area contributed by atoms with Gasteiger partial charge in [-0.1, -0.05) is 73.4 Å². The van der Waals surface area contributed by atoms with Crippen LogP contribution < -0.4 is 5.32 Å². The van der Waals surface area contributed by atoms with Gasteiger partial charge in [0.25, 0.3) is 0 Å². The van der Waals surface area contributed by atoms with Crippen LogP contribution in [0.25, 0.3) is 0 Å². The first-order chi connectivity index (χ1) is 12.5. The topological polar surface area (TPSA) is 32.3 Å². The van der Waals surface area contributed by atoms with Gasteiger partial charge in [0.1, 0.15) is 5.75 Å². The van der Waals surface area contributed by atoms with E-state index in [1.165, 1.54) is 37.8 Å². The number of hydrogen-bond acceptors (Lipinski definition) is 2. The van der Waals surface area contributed by atoms with Gasteiger partial charge in [-0.25, -0.2) is 0 Å². The maximum atomic E-state index is 10.8. The monoisotopic (exact) mass is 373 g/mol. The molecule has 27 heavy (non-hydrogen) atoms. The summed E-state index contributed by atoms with van der Waals surface area (Å²) >= 11 is 0. The molecule has 2 heteroatoms. The van der Waals surface area contributed by atoms with Crippen molar-refractivity contribution >= 4 is 0 Å². The van der Waals surface area contributed by atoms with Crippen molar-refractivity contribution in [2.75, 3.05) is 13.1 Å². The summed E-state index contributed by atoms with van der Waals surface area (Å²) in [4.78, 5) is 0. The van der Waals surface area contributed by atoms with Crippen LogP contribution in [0.2, 0.25) is 0 Å². The molecule has 1 aliphatic rings. The fourth-order valence-corrected chi connectivity index (χ4v) is 4.24. The van der Waals surface area contributed by atoms with Crippen LogP contribution >= 0.6 is 0 Å². The minimum absolute atomic E-state index is 0.0452. The molecular weight excluding hydrogens is 330 g/mol. The lowest BCUT2D eigenvalue weighted by molar-refractivity contribution is 0.282. The molecule has 1 fully saturated rings. The Morgan fingerprint density at radius 3 is 1.93 bits per heavy atom. The summed E-state index contributed by atoms with van der Waals surface area (Å²) in [6, 6.07) is 4.46. The number of benzene rings is 1. The van der Waals surface area contributed by atoms with Gasteiger partial charge >= 0.3 is 0 Å². The number of nitrogens with one attached hydrogen (secondary N) is 1. The van der Waals surface area contributed by atoms with E-state index in [1.54, 1.807) is 0 Å². The number of hydrogen-bond donors (Lipinski definition) is 2. The summed E-state index contributed by atoms with van der Waals surface area (Å²) in [5, 5.41) is 14.5. The van der Waals surface area contributed by atoms with Gasteiger partial charge < -0.3 is 10.4 Å². The molecule has 1 aromatic carbocycles. The molecule has 2 rings (SSSR count). The average molecular weight is 374 g/mol. The second-order valence-corrected chi connectivity index (χ2v) is 11.0. The molecule has 154 valence electrons. The molecular formula is C25H43NO. The van der Waals surface area contributed by atoms with Crippen molar-refractivity contribution in [1.82, 2.24) is 5.32 Å². The SMILES string of the molecule is CC1CCC(CNCCCc2cc(C(C)(C)C)c(O)c(C(C)(C)C)c2)CC1. The van der Waals surface area contributed by atoms with E-state index in [4.69, 9.17) is 0 Å². The van der Waals surface area contributed by atoms with Gasteiger partial charge in [0.05, 0.1) is 0 Å². The number of phenolic OH excluding ortho intramolecular Hbond substituents is 1.